The van der Waals surface area contributed by atoms with Crippen molar-refractivity contribution in [2.45, 2.75) is 76.4 Å². The lowest BCUT2D eigenvalue weighted by molar-refractivity contribution is -0.144. The molecule has 1 unspecified atom stereocenters. The zero-order valence-electron chi connectivity index (χ0n) is 17.5. The van der Waals surface area contributed by atoms with E-state index >= 15 is 0 Å². The van der Waals surface area contributed by atoms with Gasteiger partial charge in [0.15, 0.2) is 9.84 Å². The molecule has 164 valence electrons. The summed E-state index contributed by atoms with van der Waals surface area (Å²) in [4.78, 5) is 29.5. The molecule has 4 saturated heterocycles. The first-order valence-electron chi connectivity index (χ1n) is 11.3. The Morgan fingerprint density at radius 3 is 2.55 bits per heavy atom. The first kappa shape index (κ1) is 21.1. The maximum Gasteiger partial charge on any atom is 0.220 e. The van der Waals surface area contributed by atoms with Crippen LogP contribution in [-0.4, -0.2) is 79.3 Å². The van der Waals surface area contributed by atoms with E-state index < -0.39 is 9.84 Å². The molecular formula is C21H35N3O4S. The maximum absolute atomic E-state index is 12.4. The average molecular weight is 426 g/mol. The highest BCUT2D eigenvalue weighted by atomic mass is 32.2. The summed E-state index contributed by atoms with van der Waals surface area (Å²) in [5, 5.41) is 2.89. The molecule has 0 radical (unpaired) electrons. The minimum Gasteiger partial charge on any atom is -0.352 e. The van der Waals surface area contributed by atoms with Crippen molar-refractivity contribution in [1.29, 1.82) is 0 Å². The number of carbonyl (C=O) groups excluding carboxylic acids is 2. The van der Waals surface area contributed by atoms with Crippen molar-refractivity contribution in [3.8, 4) is 0 Å². The van der Waals surface area contributed by atoms with Crippen molar-refractivity contribution in [1.82, 2.24) is 15.1 Å². The van der Waals surface area contributed by atoms with E-state index in [-0.39, 0.29) is 35.4 Å². The van der Waals surface area contributed by atoms with Gasteiger partial charge in [-0.2, -0.15) is 0 Å². The Labute approximate surface area is 174 Å². The Bertz CT molecular complexity index is 738. The fourth-order valence-electron chi connectivity index (χ4n) is 6.41. The van der Waals surface area contributed by atoms with Crippen LogP contribution in [0.1, 0.15) is 58.3 Å². The van der Waals surface area contributed by atoms with E-state index in [9.17, 15) is 18.0 Å². The fraction of sp³-hybridized carbons (Fsp3) is 0.905. The van der Waals surface area contributed by atoms with Crippen molar-refractivity contribution in [3.63, 3.8) is 0 Å². The number of likely N-dealkylation sites (tertiary alicyclic amines) is 1. The Hall–Kier alpha value is -1.15. The van der Waals surface area contributed by atoms with Gasteiger partial charge in [0.2, 0.25) is 11.8 Å². The summed E-state index contributed by atoms with van der Waals surface area (Å²) < 4.78 is 23.1. The van der Waals surface area contributed by atoms with E-state index in [1.807, 2.05) is 0 Å². The van der Waals surface area contributed by atoms with Gasteiger partial charge in [0, 0.05) is 38.0 Å². The van der Waals surface area contributed by atoms with E-state index in [0.717, 1.165) is 19.4 Å². The number of rotatable bonds is 5. The van der Waals surface area contributed by atoms with Crippen molar-refractivity contribution in [2.24, 2.45) is 11.8 Å². The predicted molar refractivity (Wildman–Crippen MR) is 111 cm³/mol. The van der Waals surface area contributed by atoms with Crippen molar-refractivity contribution >= 4 is 21.7 Å². The van der Waals surface area contributed by atoms with Crippen LogP contribution in [0.15, 0.2) is 0 Å². The molecule has 4 fully saturated rings. The first-order chi connectivity index (χ1) is 13.8. The topological polar surface area (TPSA) is 86.8 Å². The van der Waals surface area contributed by atoms with Crippen LogP contribution in [0.4, 0.5) is 0 Å². The number of nitrogens with one attached hydrogen (secondary N) is 1. The lowest BCUT2D eigenvalue weighted by atomic mass is 9.69. The second-order valence-electron chi connectivity index (χ2n) is 9.53. The molecule has 0 aromatic carbocycles. The molecule has 0 aliphatic carbocycles. The average Bonchev–Trinajstić information content (AvgIpc) is 3.01. The van der Waals surface area contributed by atoms with Gasteiger partial charge in [-0.25, -0.2) is 8.42 Å². The zero-order valence-corrected chi connectivity index (χ0v) is 18.3. The molecule has 0 bridgehead atoms. The molecule has 8 heteroatoms. The van der Waals surface area contributed by atoms with Crippen molar-refractivity contribution < 1.29 is 18.0 Å². The third-order valence-electron chi connectivity index (χ3n) is 7.58. The normalized spacial score (nSPS) is 36.4. The molecule has 7 nitrogen and oxygen atoms in total. The van der Waals surface area contributed by atoms with Gasteiger partial charge in [0.25, 0.3) is 0 Å². The summed E-state index contributed by atoms with van der Waals surface area (Å²) in [6, 6.07) is 0.607. The van der Waals surface area contributed by atoms with Crippen LogP contribution in [0.2, 0.25) is 0 Å². The lowest BCUT2D eigenvalue weighted by Gasteiger charge is -2.57. The third kappa shape index (κ3) is 4.63. The maximum atomic E-state index is 12.4. The predicted octanol–water partition coefficient (Wildman–Crippen LogP) is 1.18. The van der Waals surface area contributed by atoms with Crippen LogP contribution in [-0.2, 0) is 19.4 Å². The number of nitrogens with zero attached hydrogens (tertiary/aromatic N) is 2. The number of hydrogen-bond acceptors (Lipinski definition) is 5. The zero-order chi connectivity index (χ0) is 20.6. The molecule has 4 aliphatic heterocycles. The molecule has 0 aromatic rings. The highest BCUT2D eigenvalue weighted by molar-refractivity contribution is 7.91. The molecule has 4 aliphatic rings. The van der Waals surface area contributed by atoms with Gasteiger partial charge in [-0.3, -0.25) is 14.5 Å². The van der Waals surface area contributed by atoms with Crippen molar-refractivity contribution in [2.75, 3.05) is 31.1 Å². The number of hydrogen-bond donors (Lipinski definition) is 1. The van der Waals surface area contributed by atoms with E-state index in [2.05, 4.69) is 15.1 Å². The third-order valence-corrected chi connectivity index (χ3v) is 9.35. The first-order valence-corrected chi connectivity index (χ1v) is 13.2. The van der Waals surface area contributed by atoms with Crippen LogP contribution < -0.4 is 5.32 Å². The summed E-state index contributed by atoms with van der Waals surface area (Å²) in [7, 11) is -2.98. The highest BCUT2D eigenvalue weighted by Crippen LogP contribution is 2.43. The van der Waals surface area contributed by atoms with Crippen LogP contribution in [0.25, 0.3) is 0 Å². The van der Waals surface area contributed by atoms with Gasteiger partial charge in [-0.15, -0.1) is 0 Å². The standard InChI is InChI=1S/C21H35N3O4S/c1-15(25)24-13-16-5-3-10-23-11-4-6-18(21(16)23)19(24)7-2-8-20(26)22-17-9-12-29(27,28)14-17/h16-19,21H,2-14H2,1H3,(H,22,26)/t16-,17?,18+,19+,21-/m0/s1. The molecular weight excluding hydrogens is 390 g/mol. The Morgan fingerprint density at radius 2 is 1.86 bits per heavy atom. The fourth-order valence-corrected chi connectivity index (χ4v) is 8.08. The highest BCUT2D eigenvalue weighted by Gasteiger charge is 2.48. The number of carbonyl (C=O) groups is 2. The lowest BCUT2D eigenvalue weighted by Crippen LogP contribution is -2.65. The summed E-state index contributed by atoms with van der Waals surface area (Å²) in [6.07, 6.45) is 7.37. The second kappa shape index (κ2) is 8.53. The van der Waals surface area contributed by atoms with Crippen LogP contribution in [0, 0.1) is 11.8 Å². The monoisotopic (exact) mass is 425 g/mol. The molecule has 0 spiro atoms. The summed E-state index contributed by atoms with van der Waals surface area (Å²) in [5.74, 6) is 1.47. The quantitative estimate of drug-likeness (QED) is 0.715. The minimum absolute atomic E-state index is 0.0573. The summed E-state index contributed by atoms with van der Waals surface area (Å²) in [6.45, 7) is 4.93. The largest absolute Gasteiger partial charge is 0.352 e. The molecule has 0 aromatic heterocycles. The summed E-state index contributed by atoms with van der Waals surface area (Å²) >= 11 is 0. The summed E-state index contributed by atoms with van der Waals surface area (Å²) in [5.41, 5.74) is 0. The number of sulfone groups is 1. The number of amides is 2. The van der Waals surface area contributed by atoms with Crippen LogP contribution in [0.3, 0.4) is 0 Å². The Morgan fingerprint density at radius 1 is 1.10 bits per heavy atom. The van der Waals surface area contributed by atoms with Crippen LogP contribution in [0.5, 0.6) is 0 Å². The van der Waals surface area contributed by atoms with E-state index in [1.165, 1.54) is 38.8 Å². The van der Waals surface area contributed by atoms with E-state index in [0.29, 0.717) is 30.7 Å². The molecule has 4 rings (SSSR count). The molecule has 0 saturated carbocycles. The second-order valence-corrected chi connectivity index (χ2v) is 11.8. The molecule has 5 atom stereocenters. The minimum atomic E-state index is -2.98. The van der Waals surface area contributed by atoms with E-state index in [1.54, 1.807) is 6.92 Å². The van der Waals surface area contributed by atoms with Gasteiger partial charge in [0.1, 0.15) is 0 Å². The van der Waals surface area contributed by atoms with E-state index in [4.69, 9.17) is 0 Å². The van der Waals surface area contributed by atoms with Gasteiger partial charge < -0.3 is 10.2 Å². The molecule has 29 heavy (non-hydrogen) atoms. The van der Waals surface area contributed by atoms with Gasteiger partial charge in [-0.1, -0.05) is 0 Å². The number of piperidine rings is 3. The van der Waals surface area contributed by atoms with Gasteiger partial charge >= 0.3 is 0 Å². The molecule has 4 heterocycles. The Kier molecular flexibility index (Phi) is 6.21. The Balaban J connectivity index is 1.34. The van der Waals surface area contributed by atoms with Crippen molar-refractivity contribution in [3.05, 3.63) is 0 Å². The molecule has 1 N–H and O–H groups in total. The van der Waals surface area contributed by atoms with Crippen LogP contribution >= 0.6 is 0 Å². The van der Waals surface area contributed by atoms with Gasteiger partial charge in [0.05, 0.1) is 11.5 Å². The molecule has 2 amide bonds. The smallest absolute Gasteiger partial charge is 0.220 e. The SMILES string of the molecule is CC(=O)N1C[C@@H]2CCCN3CCC[C@@H]([C@H]23)[C@H]1CCCC(=O)NC1CCS(=O)(=O)C1. The van der Waals surface area contributed by atoms with Gasteiger partial charge in [-0.05, 0) is 69.9 Å².